The van der Waals surface area contributed by atoms with Gasteiger partial charge >= 0.3 is 0 Å². The third-order valence-corrected chi connectivity index (χ3v) is 3.58. The third kappa shape index (κ3) is 3.19. The molecule has 5 nitrogen and oxygen atoms in total. The van der Waals surface area contributed by atoms with E-state index in [2.05, 4.69) is 17.6 Å². The molecule has 2 saturated heterocycles. The second kappa shape index (κ2) is 5.49. The van der Waals surface area contributed by atoms with Crippen LogP contribution in [0.15, 0.2) is 0 Å². The normalized spacial score (nSPS) is 30.6. The van der Waals surface area contributed by atoms with Crippen molar-refractivity contribution in [3.05, 3.63) is 0 Å². The van der Waals surface area contributed by atoms with Crippen molar-refractivity contribution in [3.8, 4) is 0 Å². The molecule has 96 valence electrons. The minimum Gasteiger partial charge on any atom is -0.354 e. The molecule has 2 aliphatic rings. The van der Waals surface area contributed by atoms with E-state index < -0.39 is 0 Å². The Labute approximate surface area is 102 Å². The summed E-state index contributed by atoms with van der Waals surface area (Å²) in [6, 6.07) is 0.506. The van der Waals surface area contributed by atoms with E-state index in [0.717, 1.165) is 25.8 Å². The first-order chi connectivity index (χ1) is 8.16. The molecule has 0 radical (unpaired) electrons. The summed E-state index contributed by atoms with van der Waals surface area (Å²) in [6.07, 6.45) is 2.83. The lowest BCUT2D eigenvalue weighted by Crippen LogP contribution is -2.47. The lowest BCUT2D eigenvalue weighted by atomic mass is 9.94. The van der Waals surface area contributed by atoms with Gasteiger partial charge in [0.1, 0.15) is 0 Å². The number of rotatable bonds is 1. The highest BCUT2D eigenvalue weighted by atomic mass is 16.2. The van der Waals surface area contributed by atoms with Crippen LogP contribution in [0.25, 0.3) is 0 Å². The van der Waals surface area contributed by atoms with Gasteiger partial charge in [-0.25, -0.2) is 0 Å². The molecule has 2 unspecified atom stereocenters. The van der Waals surface area contributed by atoms with E-state index in [4.69, 9.17) is 0 Å². The first-order valence-corrected chi connectivity index (χ1v) is 6.45. The van der Waals surface area contributed by atoms with Crippen molar-refractivity contribution in [2.75, 3.05) is 26.2 Å². The van der Waals surface area contributed by atoms with E-state index in [0.29, 0.717) is 19.1 Å². The summed E-state index contributed by atoms with van der Waals surface area (Å²) in [5, 5.41) is 6.12. The SMILES string of the molecule is CC1CCC(C(=O)N2CCCNC(=O)C2)CN1. The fourth-order valence-corrected chi connectivity index (χ4v) is 2.46. The Hall–Kier alpha value is -1.10. The molecule has 0 saturated carbocycles. The summed E-state index contributed by atoms with van der Waals surface area (Å²) in [7, 11) is 0. The zero-order valence-electron chi connectivity index (χ0n) is 10.4. The van der Waals surface area contributed by atoms with Crippen molar-refractivity contribution in [3.63, 3.8) is 0 Å². The second-order valence-corrected chi connectivity index (χ2v) is 5.05. The Kier molecular flexibility index (Phi) is 3.99. The van der Waals surface area contributed by atoms with Crippen LogP contribution in [0.5, 0.6) is 0 Å². The van der Waals surface area contributed by atoms with E-state index in [1.165, 1.54) is 0 Å². The van der Waals surface area contributed by atoms with Gasteiger partial charge in [-0.15, -0.1) is 0 Å². The molecule has 2 fully saturated rings. The molecule has 2 atom stereocenters. The summed E-state index contributed by atoms with van der Waals surface area (Å²) in [5.41, 5.74) is 0. The summed E-state index contributed by atoms with van der Waals surface area (Å²) >= 11 is 0. The van der Waals surface area contributed by atoms with Gasteiger partial charge in [0.2, 0.25) is 11.8 Å². The molecule has 0 aromatic rings. The summed E-state index contributed by atoms with van der Waals surface area (Å²) < 4.78 is 0. The number of hydrogen-bond donors (Lipinski definition) is 2. The second-order valence-electron chi connectivity index (χ2n) is 5.05. The van der Waals surface area contributed by atoms with Gasteiger partial charge in [0.15, 0.2) is 0 Å². The Morgan fingerprint density at radius 3 is 2.94 bits per heavy atom. The first-order valence-electron chi connectivity index (χ1n) is 6.45. The highest BCUT2D eigenvalue weighted by molar-refractivity contribution is 5.86. The molecule has 2 heterocycles. The quantitative estimate of drug-likeness (QED) is 0.662. The zero-order valence-corrected chi connectivity index (χ0v) is 10.4. The predicted molar refractivity (Wildman–Crippen MR) is 64.4 cm³/mol. The number of nitrogens with zero attached hydrogens (tertiary/aromatic N) is 1. The molecule has 0 aliphatic carbocycles. The molecular formula is C12H21N3O2. The fraction of sp³-hybridized carbons (Fsp3) is 0.833. The van der Waals surface area contributed by atoms with Crippen molar-refractivity contribution in [2.45, 2.75) is 32.2 Å². The van der Waals surface area contributed by atoms with Crippen molar-refractivity contribution < 1.29 is 9.59 Å². The van der Waals surface area contributed by atoms with E-state index in [1.54, 1.807) is 4.90 Å². The van der Waals surface area contributed by atoms with Crippen LogP contribution in [0.1, 0.15) is 26.2 Å². The molecular weight excluding hydrogens is 218 g/mol. The van der Waals surface area contributed by atoms with E-state index in [-0.39, 0.29) is 24.3 Å². The lowest BCUT2D eigenvalue weighted by molar-refractivity contribution is -0.139. The van der Waals surface area contributed by atoms with E-state index in [9.17, 15) is 9.59 Å². The van der Waals surface area contributed by atoms with Crippen LogP contribution in [0.4, 0.5) is 0 Å². The van der Waals surface area contributed by atoms with E-state index in [1.807, 2.05) is 0 Å². The standard InChI is InChI=1S/C12H21N3O2/c1-9-3-4-10(7-14-9)12(17)15-6-2-5-13-11(16)8-15/h9-10,14H,2-8H2,1H3,(H,13,16). The predicted octanol–water partition coefficient (Wildman–Crippen LogP) is -0.277. The molecule has 0 aromatic carbocycles. The van der Waals surface area contributed by atoms with Crippen LogP contribution in [-0.4, -0.2) is 48.9 Å². The van der Waals surface area contributed by atoms with Gasteiger partial charge in [-0.2, -0.15) is 0 Å². The molecule has 2 amide bonds. The monoisotopic (exact) mass is 239 g/mol. The summed E-state index contributed by atoms with van der Waals surface area (Å²) in [4.78, 5) is 25.4. The van der Waals surface area contributed by atoms with Gasteiger partial charge in [0.05, 0.1) is 12.5 Å². The van der Waals surface area contributed by atoms with Crippen LogP contribution in [0.2, 0.25) is 0 Å². The lowest BCUT2D eigenvalue weighted by Gasteiger charge is -2.30. The average Bonchev–Trinajstić information content (AvgIpc) is 2.54. The molecule has 2 aliphatic heterocycles. The highest BCUT2D eigenvalue weighted by Gasteiger charge is 2.29. The van der Waals surface area contributed by atoms with Gasteiger partial charge in [-0.1, -0.05) is 0 Å². The molecule has 0 bridgehead atoms. The molecule has 2 N–H and O–H groups in total. The minimum atomic E-state index is -0.0343. The summed E-state index contributed by atoms with van der Waals surface area (Å²) in [6.45, 7) is 4.50. The molecule has 0 spiro atoms. The maximum absolute atomic E-state index is 12.3. The Morgan fingerprint density at radius 1 is 1.41 bits per heavy atom. The van der Waals surface area contributed by atoms with Crippen LogP contribution >= 0.6 is 0 Å². The van der Waals surface area contributed by atoms with Gasteiger partial charge in [-0.3, -0.25) is 9.59 Å². The molecule has 2 rings (SSSR count). The first kappa shape index (κ1) is 12.4. The minimum absolute atomic E-state index is 0.0343. The molecule has 0 aromatic heterocycles. The van der Waals surface area contributed by atoms with Crippen molar-refractivity contribution in [2.24, 2.45) is 5.92 Å². The van der Waals surface area contributed by atoms with Crippen LogP contribution < -0.4 is 10.6 Å². The number of hydrogen-bond acceptors (Lipinski definition) is 3. The van der Waals surface area contributed by atoms with Crippen molar-refractivity contribution in [1.29, 1.82) is 0 Å². The smallest absolute Gasteiger partial charge is 0.239 e. The largest absolute Gasteiger partial charge is 0.354 e. The molecule has 17 heavy (non-hydrogen) atoms. The highest BCUT2D eigenvalue weighted by Crippen LogP contribution is 2.17. The Bertz CT molecular complexity index is 298. The van der Waals surface area contributed by atoms with Crippen molar-refractivity contribution in [1.82, 2.24) is 15.5 Å². The number of carbonyl (C=O) groups is 2. The van der Waals surface area contributed by atoms with Crippen LogP contribution in [-0.2, 0) is 9.59 Å². The average molecular weight is 239 g/mol. The Morgan fingerprint density at radius 2 is 2.24 bits per heavy atom. The summed E-state index contributed by atoms with van der Waals surface area (Å²) in [5.74, 6) is 0.159. The van der Waals surface area contributed by atoms with Crippen molar-refractivity contribution >= 4 is 11.8 Å². The van der Waals surface area contributed by atoms with Crippen LogP contribution in [0, 0.1) is 5.92 Å². The number of amides is 2. The van der Waals surface area contributed by atoms with Gasteiger partial charge in [-0.05, 0) is 26.2 Å². The third-order valence-electron chi connectivity index (χ3n) is 3.58. The van der Waals surface area contributed by atoms with Crippen LogP contribution in [0.3, 0.4) is 0 Å². The zero-order chi connectivity index (χ0) is 12.3. The number of carbonyl (C=O) groups excluding carboxylic acids is 2. The number of piperidine rings is 1. The fourth-order valence-electron chi connectivity index (χ4n) is 2.46. The van der Waals surface area contributed by atoms with Gasteiger partial charge < -0.3 is 15.5 Å². The number of nitrogens with one attached hydrogen (secondary N) is 2. The topological polar surface area (TPSA) is 61.4 Å². The Balaban J connectivity index is 1.91. The van der Waals surface area contributed by atoms with Gasteiger partial charge in [0.25, 0.3) is 0 Å². The van der Waals surface area contributed by atoms with Gasteiger partial charge in [0, 0.05) is 25.7 Å². The van der Waals surface area contributed by atoms with E-state index >= 15 is 0 Å². The maximum atomic E-state index is 12.3. The molecule has 5 heteroatoms. The maximum Gasteiger partial charge on any atom is 0.239 e.